The van der Waals surface area contributed by atoms with Gasteiger partial charge in [0.25, 0.3) is 10.0 Å². The van der Waals surface area contributed by atoms with Crippen molar-refractivity contribution < 1.29 is 13.2 Å². The number of sulfonamides is 1. The van der Waals surface area contributed by atoms with E-state index >= 15 is 0 Å². The van der Waals surface area contributed by atoms with Gasteiger partial charge >= 0.3 is 0 Å². The number of fused-ring (bicyclic) bond motifs is 2. The summed E-state index contributed by atoms with van der Waals surface area (Å²) in [5.74, 6) is 0. The monoisotopic (exact) mass is 394 g/mol. The van der Waals surface area contributed by atoms with Gasteiger partial charge in [-0.15, -0.1) is 0 Å². The predicted octanol–water partition coefficient (Wildman–Crippen LogP) is 1.53. The summed E-state index contributed by atoms with van der Waals surface area (Å²) in [5, 5.41) is 4.52. The molecule has 1 spiro atoms. The second kappa shape index (κ2) is 6.27. The number of aromatic nitrogens is 2. The lowest BCUT2D eigenvalue weighted by Gasteiger charge is -2.40. The molecule has 27 heavy (non-hydrogen) atoms. The molecule has 4 aliphatic rings. The number of piperidine rings is 1. The van der Waals surface area contributed by atoms with E-state index in [1.54, 1.807) is 17.4 Å². The van der Waals surface area contributed by atoms with Crippen LogP contribution in [0.25, 0.3) is 0 Å². The molecule has 150 valence electrons. The first-order valence-corrected chi connectivity index (χ1v) is 11.7. The maximum absolute atomic E-state index is 13.0. The molecule has 1 unspecified atom stereocenters. The number of ether oxygens (including phenoxy) is 1. The molecule has 0 amide bonds. The lowest BCUT2D eigenvalue weighted by Crippen LogP contribution is -2.45. The highest BCUT2D eigenvalue weighted by molar-refractivity contribution is 7.89. The molecule has 3 saturated heterocycles. The standard InChI is InChI=1S/C19H30N4O3S/c1-14-9-18(21(2)20-14)27(24,25)22-7-5-19(6-8-22)4-3-15(11-19)23-12-17-10-16(23)13-26-17/h9,15-17H,3-8,10-13H2,1-2H3/t15?,16-,17-/m0/s1. The Hall–Kier alpha value is -0.960. The minimum atomic E-state index is -3.45. The van der Waals surface area contributed by atoms with E-state index < -0.39 is 10.0 Å². The summed E-state index contributed by atoms with van der Waals surface area (Å²) >= 11 is 0. The summed E-state index contributed by atoms with van der Waals surface area (Å²) in [6, 6.07) is 2.98. The van der Waals surface area contributed by atoms with Crippen molar-refractivity contribution in [2.75, 3.05) is 26.2 Å². The Morgan fingerprint density at radius 3 is 2.59 bits per heavy atom. The van der Waals surface area contributed by atoms with Crippen LogP contribution in [0.5, 0.6) is 0 Å². The molecule has 7 nitrogen and oxygen atoms in total. The van der Waals surface area contributed by atoms with Crippen LogP contribution in [-0.4, -0.2) is 71.8 Å². The summed E-state index contributed by atoms with van der Waals surface area (Å²) in [5.41, 5.74) is 1.08. The molecular formula is C19H30N4O3S. The lowest BCUT2D eigenvalue weighted by molar-refractivity contribution is 0.00873. The van der Waals surface area contributed by atoms with Crippen LogP contribution in [0.15, 0.2) is 11.1 Å². The van der Waals surface area contributed by atoms with Gasteiger partial charge in [-0.1, -0.05) is 0 Å². The predicted molar refractivity (Wildman–Crippen MR) is 101 cm³/mol. The second-order valence-corrected chi connectivity index (χ2v) is 11.0. The lowest BCUT2D eigenvalue weighted by atomic mass is 9.77. The molecule has 5 rings (SSSR count). The summed E-state index contributed by atoms with van der Waals surface area (Å²) < 4.78 is 35.0. The maximum Gasteiger partial charge on any atom is 0.260 e. The zero-order chi connectivity index (χ0) is 18.8. The van der Waals surface area contributed by atoms with Gasteiger partial charge in [0.2, 0.25) is 0 Å². The van der Waals surface area contributed by atoms with Crippen LogP contribution in [0.4, 0.5) is 0 Å². The van der Waals surface area contributed by atoms with Crippen molar-refractivity contribution in [3.8, 4) is 0 Å². The summed E-state index contributed by atoms with van der Waals surface area (Å²) in [6.07, 6.45) is 7.37. The Kier molecular flexibility index (Phi) is 4.20. The zero-order valence-corrected chi connectivity index (χ0v) is 17.1. The van der Waals surface area contributed by atoms with Gasteiger partial charge in [0.05, 0.1) is 18.4 Å². The van der Waals surface area contributed by atoms with E-state index in [4.69, 9.17) is 4.74 Å². The number of morpholine rings is 1. The van der Waals surface area contributed by atoms with Crippen LogP contribution in [0, 0.1) is 12.3 Å². The number of aryl methyl sites for hydroxylation is 2. The molecule has 1 aromatic rings. The Balaban J connectivity index is 1.25. The van der Waals surface area contributed by atoms with Crippen molar-refractivity contribution in [1.82, 2.24) is 19.0 Å². The van der Waals surface area contributed by atoms with E-state index in [9.17, 15) is 8.42 Å². The van der Waals surface area contributed by atoms with Crippen molar-refractivity contribution >= 4 is 10.0 Å². The number of rotatable bonds is 3. The number of likely N-dealkylation sites (tertiary alicyclic amines) is 1. The van der Waals surface area contributed by atoms with Gasteiger partial charge in [-0.2, -0.15) is 9.40 Å². The average molecular weight is 395 g/mol. The van der Waals surface area contributed by atoms with Crippen LogP contribution in [-0.2, 0) is 21.8 Å². The molecule has 4 heterocycles. The normalized spacial score (nSPS) is 34.1. The van der Waals surface area contributed by atoms with Crippen LogP contribution >= 0.6 is 0 Å². The zero-order valence-electron chi connectivity index (χ0n) is 16.3. The van der Waals surface area contributed by atoms with Gasteiger partial charge in [0, 0.05) is 38.8 Å². The molecule has 1 saturated carbocycles. The fourth-order valence-corrected chi connectivity index (χ4v) is 7.57. The van der Waals surface area contributed by atoms with Crippen molar-refractivity contribution in [2.24, 2.45) is 12.5 Å². The highest BCUT2D eigenvalue weighted by Crippen LogP contribution is 2.49. The summed E-state index contributed by atoms with van der Waals surface area (Å²) in [4.78, 5) is 2.70. The molecule has 3 aliphatic heterocycles. The van der Waals surface area contributed by atoms with Gasteiger partial charge in [0.15, 0.2) is 5.03 Å². The first-order chi connectivity index (χ1) is 12.9. The van der Waals surface area contributed by atoms with E-state index in [0.717, 1.165) is 31.7 Å². The first kappa shape index (κ1) is 18.1. The quantitative estimate of drug-likeness (QED) is 0.778. The van der Waals surface area contributed by atoms with Crippen molar-refractivity contribution in [2.45, 2.75) is 68.7 Å². The number of hydrogen-bond acceptors (Lipinski definition) is 5. The third-order valence-electron chi connectivity index (χ3n) is 7.43. The molecule has 0 N–H and O–H groups in total. The van der Waals surface area contributed by atoms with Crippen molar-refractivity contribution in [3.63, 3.8) is 0 Å². The highest BCUT2D eigenvalue weighted by atomic mass is 32.2. The Labute approximate surface area is 161 Å². The second-order valence-electron chi connectivity index (χ2n) is 9.09. The third kappa shape index (κ3) is 2.96. The molecule has 1 aliphatic carbocycles. The fourth-order valence-electron chi connectivity index (χ4n) is 5.95. The molecule has 4 fully saturated rings. The van der Waals surface area contributed by atoms with Gasteiger partial charge in [0.1, 0.15) is 0 Å². The van der Waals surface area contributed by atoms with Crippen LogP contribution in [0.2, 0.25) is 0 Å². The van der Waals surface area contributed by atoms with Crippen LogP contribution < -0.4 is 0 Å². The third-order valence-corrected chi connectivity index (χ3v) is 9.39. The summed E-state index contributed by atoms with van der Waals surface area (Å²) in [6.45, 7) is 5.11. The molecule has 0 radical (unpaired) electrons. The van der Waals surface area contributed by atoms with Gasteiger partial charge in [-0.25, -0.2) is 8.42 Å². The smallest absolute Gasteiger partial charge is 0.260 e. The maximum atomic E-state index is 13.0. The van der Waals surface area contributed by atoms with E-state index in [-0.39, 0.29) is 0 Å². The van der Waals surface area contributed by atoms with Gasteiger partial charge in [-0.3, -0.25) is 9.58 Å². The Morgan fingerprint density at radius 2 is 2.00 bits per heavy atom. The van der Waals surface area contributed by atoms with Gasteiger partial charge in [-0.05, 0) is 56.9 Å². The highest BCUT2D eigenvalue weighted by Gasteiger charge is 2.49. The molecule has 1 aromatic heterocycles. The van der Waals surface area contributed by atoms with E-state index in [1.807, 2.05) is 6.92 Å². The van der Waals surface area contributed by atoms with Crippen LogP contribution in [0.1, 0.15) is 44.2 Å². The van der Waals surface area contributed by atoms with Gasteiger partial charge < -0.3 is 4.74 Å². The molecule has 3 atom stereocenters. The number of hydrogen-bond donors (Lipinski definition) is 0. The molecule has 0 aromatic carbocycles. The molecular weight excluding hydrogens is 364 g/mol. The van der Waals surface area contributed by atoms with Crippen molar-refractivity contribution in [3.05, 3.63) is 11.8 Å². The topological polar surface area (TPSA) is 67.7 Å². The first-order valence-electron chi connectivity index (χ1n) is 10.2. The number of nitrogens with zero attached hydrogens (tertiary/aromatic N) is 4. The van der Waals surface area contributed by atoms with E-state index in [1.165, 1.54) is 30.4 Å². The largest absolute Gasteiger partial charge is 0.375 e. The minimum Gasteiger partial charge on any atom is -0.375 e. The molecule has 2 bridgehead atoms. The Bertz CT molecular complexity index is 828. The SMILES string of the molecule is Cc1cc(S(=O)(=O)N2CCC3(CCC(N4C[C@@H]5C[C@H]4CO5)C3)CC2)n(C)n1. The molecule has 8 heteroatoms. The summed E-state index contributed by atoms with van der Waals surface area (Å²) in [7, 11) is -1.74. The fraction of sp³-hybridized carbons (Fsp3) is 0.842. The van der Waals surface area contributed by atoms with E-state index in [0.29, 0.717) is 41.7 Å². The average Bonchev–Trinajstić information content (AvgIpc) is 3.40. The van der Waals surface area contributed by atoms with E-state index in [2.05, 4.69) is 10.00 Å². The minimum absolute atomic E-state index is 0.313. The Morgan fingerprint density at radius 1 is 1.22 bits per heavy atom. The van der Waals surface area contributed by atoms with Crippen molar-refractivity contribution in [1.29, 1.82) is 0 Å². The van der Waals surface area contributed by atoms with Crippen LogP contribution in [0.3, 0.4) is 0 Å².